The van der Waals surface area contributed by atoms with Gasteiger partial charge in [0.2, 0.25) is 5.96 Å². The fourth-order valence-electron chi connectivity index (χ4n) is 2.62. The third kappa shape index (κ3) is 3.98. The van der Waals surface area contributed by atoms with Crippen molar-refractivity contribution in [3.8, 4) is 5.75 Å². The van der Waals surface area contributed by atoms with Crippen molar-refractivity contribution >= 4 is 29.5 Å². The topological polar surface area (TPSA) is 106 Å². The maximum Gasteiger partial charge on any atom is 0.332 e. The summed E-state index contributed by atoms with van der Waals surface area (Å²) in [7, 11) is 2.79. The number of guanidine groups is 1. The standard InChI is InChI=1S/C19H19N5O4/c1-11-9-12(2)21-18(20-11)23-19-22-15(10-16(25)28-4)17(26)24(19)13-5-7-14(27-3)8-6-13/h5-10H,1-4H3,(H,20,21,22,23)/b15-10+. The van der Waals surface area contributed by atoms with E-state index in [0.717, 1.165) is 17.5 Å². The van der Waals surface area contributed by atoms with Gasteiger partial charge in [0.25, 0.3) is 11.9 Å². The van der Waals surface area contributed by atoms with Gasteiger partial charge in [-0.15, -0.1) is 0 Å². The number of methoxy groups -OCH3 is 2. The van der Waals surface area contributed by atoms with Crippen LogP contribution in [0.5, 0.6) is 5.75 Å². The number of amides is 1. The minimum atomic E-state index is -0.658. The zero-order valence-corrected chi connectivity index (χ0v) is 15.9. The zero-order chi connectivity index (χ0) is 20.3. The highest BCUT2D eigenvalue weighted by atomic mass is 16.5. The summed E-state index contributed by atoms with van der Waals surface area (Å²) in [6.07, 6.45) is 1.07. The second kappa shape index (κ2) is 7.87. The summed E-state index contributed by atoms with van der Waals surface area (Å²) in [5.41, 5.74) is 2.07. The van der Waals surface area contributed by atoms with E-state index in [2.05, 4.69) is 25.0 Å². The van der Waals surface area contributed by atoms with E-state index < -0.39 is 11.9 Å². The summed E-state index contributed by atoms with van der Waals surface area (Å²) < 4.78 is 9.76. The average molecular weight is 381 g/mol. The fraction of sp³-hybridized carbons (Fsp3) is 0.211. The largest absolute Gasteiger partial charge is 0.497 e. The molecule has 2 heterocycles. The van der Waals surface area contributed by atoms with Crippen LogP contribution in [0.15, 0.2) is 47.1 Å². The molecule has 0 spiro atoms. The Morgan fingerprint density at radius 2 is 1.79 bits per heavy atom. The molecule has 0 saturated carbocycles. The third-order valence-corrected chi connectivity index (χ3v) is 3.86. The Hall–Kier alpha value is -3.75. The lowest BCUT2D eigenvalue weighted by molar-refractivity contribution is -0.135. The van der Waals surface area contributed by atoms with Gasteiger partial charge < -0.3 is 14.8 Å². The van der Waals surface area contributed by atoms with Gasteiger partial charge in [0.1, 0.15) is 11.4 Å². The number of nitrogens with zero attached hydrogens (tertiary/aromatic N) is 4. The van der Waals surface area contributed by atoms with Crippen LogP contribution in [-0.4, -0.2) is 42.0 Å². The van der Waals surface area contributed by atoms with E-state index in [9.17, 15) is 9.59 Å². The number of hydrogen-bond donors (Lipinski definition) is 1. The minimum absolute atomic E-state index is 0.0331. The lowest BCUT2D eigenvalue weighted by Crippen LogP contribution is -2.32. The lowest BCUT2D eigenvalue weighted by Gasteiger charge is -2.15. The molecule has 1 fully saturated rings. The van der Waals surface area contributed by atoms with Gasteiger partial charge in [-0.2, -0.15) is 4.99 Å². The average Bonchev–Trinajstić information content (AvgIpc) is 2.95. The van der Waals surface area contributed by atoms with Gasteiger partial charge in [-0.3, -0.25) is 4.79 Å². The predicted octanol–water partition coefficient (Wildman–Crippen LogP) is 1.78. The highest BCUT2D eigenvalue weighted by Gasteiger charge is 2.34. The molecule has 1 saturated heterocycles. The van der Waals surface area contributed by atoms with Crippen molar-refractivity contribution in [2.75, 3.05) is 19.1 Å². The highest BCUT2D eigenvalue weighted by molar-refractivity contribution is 6.29. The summed E-state index contributed by atoms with van der Waals surface area (Å²) in [6, 6.07) is 8.67. The van der Waals surface area contributed by atoms with Crippen LogP contribution in [0.2, 0.25) is 0 Å². The van der Waals surface area contributed by atoms with Crippen LogP contribution in [-0.2, 0) is 14.3 Å². The maximum atomic E-state index is 12.9. The van der Waals surface area contributed by atoms with E-state index in [0.29, 0.717) is 11.4 Å². The maximum absolute atomic E-state index is 12.9. The number of aryl methyl sites for hydroxylation is 2. The van der Waals surface area contributed by atoms with Crippen LogP contribution < -0.4 is 15.0 Å². The summed E-state index contributed by atoms with van der Waals surface area (Å²) in [5, 5.41) is 2.85. The molecule has 3 rings (SSSR count). The Bertz CT molecular complexity index is 962. The normalized spacial score (nSPS) is 16.4. The fourth-order valence-corrected chi connectivity index (χ4v) is 2.62. The van der Waals surface area contributed by atoms with Gasteiger partial charge in [-0.25, -0.2) is 19.7 Å². The Labute approximate surface area is 161 Å². The first-order valence-corrected chi connectivity index (χ1v) is 8.37. The van der Waals surface area contributed by atoms with E-state index >= 15 is 0 Å². The van der Waals surface area contributed by atoms with Gasteiger partial charge in [-0.1, -0.05) is 0 Å². The number of nitrogens with one attached hydrogen (secondary N) is 1. The molecular weight excluding hydrogens is 362 g/mol. The number of anilines is 1. The molecule has 1 amide bonds. The first-order chi connectivity index (χ1) is 13.4. The van der Waals surface area contributed by atoms with Crippen molar-refractivity contribution in [1.82, 2.24) is 15.3 Å². The molecule has 0 atom stereocenters. The van der Waals surface area contributed by atoms with Crippen molar-refractivity contribution < 1.29 is 19.1 Å². The van der Waals surface area contributed by atoms with Crippen LogP contribution >= 0.6 is 0 Å². The Balaban J connectivity index is 2.07. The lowest BCUT2D eigenvalue weighted by atomic mass is 10.2. The van der Waals surface area contributed by atoms with Crippen molar-refractivity contribution in [3.63, 3.8) is 0 Å². The number of aromatic nitrogens is 2. The summed E-state index contributed by atoms with van der Waals surface area (Å²) >= 11 is 0. The van der Waals surface area contributed by atoms with Gasteiger partial charge in [0.15, 0.2) is 0 Å². The van der Waals surface area contributed by atoms with E-state index in [1.807, 2.05) is 19.9 Å². The molecule has 1 aliphatic heterocycles. The molecule has 144 valence electrons. The predicted molar refractivity (Wildman–Crippen MR) is 102 cm³/mol. The van der Waals surface area contributed by atoms with Gasteiger partial charge in [0.05, 0.1) is 26.0 Å². The molecule has 0 bridgehead atoms. The number of esters is 1. The SMILES string of the molecule is COC(=O)/C=C1/N/C(=N\c2nc(C)cc(C)n2)N(c2ccc(OC)cc2)C1=O. The van der Waals surface area contributed by atoms with Gasteiger partial charge in [-0.05, 0) is 44.2 Å². The molecule has 0 unspecified atom stereocenters. The van der Waals surface area contributed by atoms with Crippen LogP contribution in [0.3, 0.4) is 0 Å². The molecule has 28 heavy (non-hydrogen) atoms. The Morgan fingerprint density at radius 3 is 2.36 bits per heavy atom. The van der Waals surface area contributed by atoms with Crippen LogP contribution in [0.25, 0.3) is 0 Å². The van der Waals surface area contributed by atoms with Crippen LogP contribution in [0.1, 0.15) is 11.4 Å². The number of carbonyl (C=O) groups excluding carboxylic acids is 2. The third-order valence-electron chi connectivity index (χ3n) is 3.86. The molecular formula is C19H19N5O4. The second-order valence-electron chi connectivity index (χ2n) is 5.93. The van der Waals surface area contributed by atoms with Crippen molar-refractivity contribution in [3.05, 3.63) is 53.5 Å². The van der Waals surface area contributed by atoms with Crippen molar-refractivity contribution in [2.45, 2.75) is 13.8 Å². The highest BCUT2D eigenvalue weighted by Crippen LogP contribution is 2.25. The van der Waals surface area contributed by atoms with Crippen LogP contribution in [0.4, 0.5) is 11.6 Å². The van der Waals surface area contributed by atoms with E-state index in [1.165, 1.54) is 12.0 Å². The van der Waals surface area contributed by atoms with Gasteiger partial charge in [0, 0.05) is 11.4 Å². The first-order valence-electron chi connectivity index (χ1n) is 8.37. The summed E-state index contributed by atoms with van der Waals surface area (Å²) in [5.74, 6) is -0.0983. The smallest absolute Gasteiger partial charge is 0.332 e. The molecule has 0 aliphatic carbocycles. The molecule has 1 aromatic carbocycles. The van der Waals surface area contributed by atoms with Gasteiger partial charge >= 0.3 is 5.97 Å². The molecule has 9 nitrogen and oxygen atoms in total. The molecule has 1 aromatic heterocycles. The molecule has 9 heteroatoms. The summed E-state index contributed by atoms with van der Waals surface area (Å²) in [6.45, 7) is 3.66. The number of carbonyl (C=O) groups is 2. The zero-order valence-electron chi connectivity index (χ0n) is 15.9. The number of benzene rings is 1. The second-order valence-corrected chi connectivity index (χ2v) is 5.93. The number of ether oxygens (including phenoxy) is 2. The monoisotopic (exact) mass is 381 g/mol. The molecule has 1 N–H and O–H groups in total. The molecule has 2 aromatic rings. The first kappa shape index (κ1) is 19.0. The Morgan fingerprint density at radius 1 is 1.14 bits per heavy atom. The van der Waals surface area contributed by atoms with E-state index in [-0.39, 0.29) is 17.6 Å². The molecule has 0 radical (unpaired) electrons. The van der Waals surface area contributed by atoms with Crippen molar-refractivity contribution in [1.29, 1.82) is 0 Å². The minimum Gasteiger partial charge on any atom is -0.497 e. The number of rotatable bonds is 4. The summed E-state index contributed by atoms with van der Waals surface area (Å²) in [4.78, 5) is 38.7. The number of hydrogen-bond acceptors (Lipinski definition) is 7. The van der Waals surface area contributed by atoms with E-state index in [4.69, 9.17) is 4.74 Å². The quantitative estimate of drug-likeness (QED) is 0.635. The van der Waals surface area contributed by atoms with Crippen molar-refractivity contribution in [2.24, 2.45) is 4.99 Å². The molecule has 1 aliphatic rings. The van der Waals surface area contributed by atoms with Crippen LogP contribution in [0, 0.1) is 13.8 Å². The number of aliphatic imine (C=N–C) groups is 1. The Kier molecular flexibility index (Phi) is 5.35. The van der Waals surface area contributed by atoms with E-state index in [1.54, 1.807) is 31.4 Å².